The number of halogens is 1. The topological polar surface area (TPSA) is 54.5 Å². The zero-order chi connectivity index (χ0) is 11.1. The Morgan fingerprint density at radius 2 is 2.19 bits per heavy atom. The molecule has 2 aromatic heterocycles. The third-order valence-corrected chi connectivity index (χ3v) is 3.46. The Balaban J connectivity index is 2.21. The van der Waals surface area contributed by atoms with Crippen LogP contribution in [0.3, 0.4) is 0 Å². The highest BCUT2D eigenvalue weighted by molar-refractivity contribution is 7.18. The Morgan fingerprint density at radius 3 is 2.94 bits per heavy atom. The van der Waals surface area contributed by atoms with E-state index in [0.717, 1.165) is 27.2 Å². The zero-order valence-corrected chi connectivity index (χ0v) is 9.93. The van der Waals surface area contributed by atoms with Crippen LogP contribution >= 0.6 is 22.9 Å². The summed E-state index contributed by atoms with van der Waals surface area (Å²) in [7, 11) is 0. The second-order valence-electron chi connectivity index (χ2n) is 3.44. The first-order valence-electron chi connectivity index (χ1n) is 4.68. The summed E-state index contributed by atoms with van der Waals surface area (Å²) in [4.78, 5) is 0. The van der Waals surface area contributed by atoms with Crippen molar-refractivity contribution < 1.29 is 0 Å². The molecule has 16 heavy (non-hydrogen) atoms. The molecule has 0 radical (unpaired) electrons. The molecule has 0 fully saturated rings. The van der Waals surface area contributed by atoms with Gasteiger partial charge < -0.3 is 0 Å². The molecule has 80 valence electrons. The first-order chi connectivity index (χ1) is 7.74. The third kappa shape index (κ3) is 1.48. The van der Waals surface area contributed by atoms with E-state index in [1.165, 1.54) is 11.3 Å². The quantitative estimate of drug-likeness (QED) is 0.722. The number of rotatable bonds is 1. The lowest BCUT2D eigenvalue weighted by molar-refractivity contribution is 1.07. The van der Waals surface area contributed by atoms with Gasteiger partial charge in [0.05, 0.1) is 5.52 Å². The summed E-state index contributed by atoms with van der Waals surface area (Å²) >= 11 is 7.14. The molecule has 0 amide bonds. The molecule has 0 unspecified atom stereocenters. The fourth-order valence-electron chi connectivity index (χ4n) is 1.59. The highest BCUT2D eigenvalue weighted by Crippen LogP contribution is 2.28. The van der Waals surface area contributed by atoms with Crippen molar-refractivity contribution in [2.45, 2.75) is 6.92 Å². The molecule has 0 spiro atoms. The van der Waals surface area contributed by atoms with E-state index in [0.29, 0.717) is 4.47 Å². The SMILES string of the molecule is Cc1[nH]nc2ccc(-c3nnc(Cl)s3)cc12. The minimum absolute atomic E-state index is 0.457. The number of H-pyrrole nitrogens is 1. The van der Waals surface area contributed by atoms with Crippen LogP contribution in [-0.4, -0.2) is 20.4 Å². The largest absolute Gasteiger partial charge is 0.282 e. The van der Waals surface area contributed by atoms with Gasteiger partial charge in [0.1, 0.15) is 5.01 Å². The van der Waals surface area contributed by atoms with E-state index in [1.54, 1.807) is 0 Å². The van der Waals surface area contributed by atoms with Gasteiger partial charge in [0.2, 0.25) is 4.47 Å². The molecule has 0 aliphatic carbocycles. The molecule has 0 aliphatic heterocycles. The maximum absolute atomic E-state index is 5.77. The molecular formula is C10H7ClN4S. The van der Waals surface area contributed by atoms with Crippen LogP contribution in [0.4, 0.5) is 0 Å². The van der Waals surface area contributed by atoms with Crippen molar-refractivity contribution in [2.24, 2.45) is 0 Å². The zero-order valence-electron chi connectivity index (χ0n) is 8.36. The van der Waals surface area contributed by atoms with Crippen molar-refractivity contribution >= 4 is 33.8 Å². The summed E-state index contributed by atoms with van der Waals surface area (Å²) in [6, 6.07) is 5.98. The van der Waals surface area contributed by atoms with Gasteiger partial charge in [-0.05, 0) is 36.7 Å². The predicted molar refractivity (Wildman–Crippen MR) is 64.7 cm³/mol. The predicted octanol–water partition coefficient (Wildman–Crippen LogP) is 3.04. The highest BCUT2D eigenvalue weighted by Gasteiger charge is 2.08. The van der Waals surface area contributed by atoms with E-state index < -0.39 is 0 Å². The molecule has 1 aromatic carbocycles. The highest BCUT2D eigenvalue weighted by atomic mass is 35.5. The van der Waals surface area contributed by atoms with E-state index in [9.17, 15) is 0 Å². The number of hydrogen-bond donors (Lipinski definition) is 1. The molecule has 3 rings (SSSR count). The van der Waals surface area contributed by atoms with Gasteiger partial charge in [0, 0.05) is 16.6 Å². The standard InChI is InChI=1S/C10H7ClN4S/c1-5-7-4-6(2-3-8(7)13-12-5)9-14-15-10(11)16-9/h2-4H,1H3,(H,12,13). The number of nitrogens with zero attached hydrogens (tertiary/aromatic N) is 3. The van der Waals surface area contributed by atoms with Crippen molar-refractivity contribution in [1.82, 2.24) is 20.4 Å². The lowest BCUT2D eigenvalue weighted by Gasteiger charge is -1.95. The first-order valence-corrected chi connectivity index (χ1v) is 5.87. The summed E-state index contributed by atoms with van der Waals surface area (Å²) < 4.78 is 0.457. The third-order valence-electron chi connectivity index (χ3n) is 2.39. The molecule has 1 N–H and O–H groups in total. The smallest absolute Gasteiger partial charge is 0.207 e. The van der Waals surface area contributed by atoms with Gasteiger partial charge in [0.25, 0.3) is 0 Å². The minimum Gasteiger partial charge on any atom is -0.282 e. The molecular weight excluding hydrogens is 244 g/mol. The summed E-state index contributed by atoms with van der Waals surface area (Å²) in [5.41, 5.74) is 3.02. The van der Waals surface area contributed by atoms with E-state index in [4.69, 9.17) is 11.6 Å². The van der Waals surface area contributed by atoms with Gasteiger partial charge in [0.15, 0.2) is 0 Å². The van der Waals surface area contributed by atoms with Crippen molar-refractivity contribution in [3.63, 3.8) is 0 Å². The summed E-state index contributed by atoms with van der Waals surface area (Å²) in [5.74, 6) is 0. The second kappa shape index (κ2) is 3.54. The van der Waals surface area contributed by atoms with Crippen LogP contribution in [-0.2, 0) is 0 Å². The first kappa shape index (κ1) is 9.74. The number of aromatic nitrogens is 4. The molecule has 0 aliphatic rings. The second-order valence-corrected chi connectivity index (χ2v) is 5.00. The minimum atomic E-state index is 0.457. The number of nitrogens with one attached hydrogen (secondary N) is 1. The number of hydrogen-bond acceptors (Lipinski definition) is 4. The van der Waals surface area contributed by atoms with Crippen LogP contribution in [0.25, 0.3) is 21.5 Å². The molecule has 4 nitrogen and oxygen atoms in total. The average molecular weight is 251 g/mol. The van der Waals surface area contributed by atoms with Crippen molar-refractivity contribution in [3.8, 4) is 10.6 Å². The number of aromatic amines is 1. The summed E-state index contributed by atoms with van der Waals surface area (Å²) in [6.07, 6.45) is 0. The Bertz CT molecular complexity index is 658. The number of aryl methyl sites for hydroxylation is 1. The molecule has 0 saturated carbocycles. The van der Waals surface area contributed by atoms with E-state index in [-0.39, 0.29) is 0 Å². The molecule has 0 atom stereocenters. The summed E-state index contributed by atoms with van der Waals surface area (Å²) in [6.45, 7) is 1.99. The maximum atomic E-state index is 5.77. The Morgan fingerprint density at radius 1 is 1.31 bits per heavy atom. The van der Waals surface area contributed by atoms with Gasteiger partial charge in [-0.15, -0.1) is 10.2 Å². The van der Waals surface area contributed by atoms with Crippen molar-refractivity contribution in [2.75, 3.05) is 0 Å². The lowest BCUT2D eigenvalue weighted by Crippen LogP contribution is -1.77. The van der Waals surface area contributed by atoms with Gasteiger partial charge >= 0.3 is 0 Å². The fraction of sp³-hybridized carbons (Fsp3) is 0.100. The van der Waals surface area contributed by atoms with Crippen LogP contribution in [0.15, 0.2) is 18.2 Å². The van der Waals surface area contributed by atoms with Gasteiger partial charge in [-0.2, -0.15) is 5.10 Å². The van der Waals surface area contributed by atoms with Crippen LogP contribution in [0.1, 0.15) is 5.69 Å². The normalized spacial score (nSPS) is 11.1. The van der Waals surface area contributed by atoms with Crippen LogP contribution in [0.5, 0.6) is 0 Å². The fourth-order valence-corrected chi connectivity index (χ4v) is 2.42. The van der Waals surface area contributed by atoms with Crippen molar-refractivity contribution in [1.29, 1.82) is 0 Å². The molecule has 6 heteroatoms. The van der Waals surface area contributed by atoms with E-state index in [1.807, 2.05) is 25.1 Å². The van der Waals surface area contributed by atoms with Crippen LogP contribution < -0.4 is 0 Å². The Labute approximate surface area is 100 Å². The molecule has 0 saturated heterocycles. The Hall–Kier alpha value is -1.46. The average Bonchev–Trinajstić information content (AvgIpc) is 2.86. The Kier molecular flexibility index (Phi) is 2.15. The summed E-state index contributed by atoms with van der Waals surface area (Å²) in [5, 5.41) is 16.9. The molecule has 0 bridgehead atoms. The van der Waals surface area contributed by atoms with Crippen molar-refractivity contribution in [3.05, 3.63) is 28.4 Å². The van der Waals surface area contributed by atoms with E-state index in [2.05, 4.69) is 20.4 Å². The molecule has 3 aromatic rings. The number of benzene rings is 1. The van der Waals surface area contributed by atoms with Gasteiger partial charge in [-0.3, -0.25) is 5.10 Å². The lowest BCUT2D eigenvalue weighted by atomic mass is 10.1. The molecule has 2 heterocycles. The van der Waals surface area contributed by atoms with Gasteiger partial charge in [-0.1, -0.05) is 11.3 Å². The maximum Gasteiger partial charge on any atom is 0.207 e. The number of fused-ring (bicyclic) bond motifs is 1. The van der Waals surface area contributed by atoms with Crippen LogP contribution in [0, 0.1) is 6.92 Å². The van der Waals surface area contributed by atoms with E-state index >= 15 is 0 Å². The monoisotopic (exact) mass is 250 g/mol. The van der Waals surface area contributed by atoms with Gasteiger partial charge in [-0.25, -0.2) is 0 Å². The van der Waals surface area contributed by atoms with Crippen LogP contribution in [0.2, 0.25) is 4.47 Å².